The molecule has 0 radical (unpaired) electrons. The number of hydrogen-bond acceptors (Lipinski definition) is 5. The fourth-order valence-corrected chi connectivity index (χ4v) is 3.73. The average molecular weight is 313 g/mol. The Balaban J connectivity index is 1.71. The molecule has 4 rings (SSSR count). The Hall–Kier alpha value is -2.18. The lowest BCUT2D eigenvalue weighted by atomic mass is 10.1. The van der Waals surface area contributed by atoms with Gasteiger partial charge in [-0.05, 0) is 29.6 Å². The second kappa shape index (κ2) is 4.98. The molecule has 0 saturated carbocycles. The minimum absolute atomic E-state index is 0.0160. The summed E-state index contributed by atoms with van der Waals surface area (Å²) in [5, 5.41) is 13.1. The van der Waals surface area contributed by atoms with Crippen molar-refractivity contribution in [3.63, 3.8) is 0 Å². The molecule has 0 bridgehead atoms. The van der Waals surface area contributed by atoms with Gasteiger partial charge in [-0.1, -0.05) is 0 Å². The van der Waals surface area contributed by atoms with Gasteiger partial charge in [-0.2, -0.15) is 11.3 Å². The summed E-state index contributed by atoms with van der Waals surface area (Å²) in [6.07, 6.45) is 0. The van der Waals surface area contributed by atoms with Crippen LogP contribution in [0.25, 0.3) is 21.8 Å². The Labute approximate surface area is 129 Å². The molecule has 1 amide bonds. The van der Waals surface area contributed by atoms with Crippen LogP contribution in [0.4, 0.5) is 11.4 Å². The van der Waals surface area contributed by atoms with E-state index in [0.29, 0.717) is 6.54 Å². The molecule has 0 aliphatic carbocycles. The summed E-state index contributed by atoms with van der Waals surface area (Å²) in [4.78, 5) is 16.1. The van der Waals surface area contributed by atoms with Crippen LogP contribution >= 0.6 is 22.7 Å². The van der Waals surface area contributed by atoms with Crippen LogP contribution in [-0.4, -0.2) is 17.4 Å². The molecule has 6 heteroatoms. The Morgan fingerprint density at radius 2 is 2.05 bits per heavy atom. The quantitative estimate of drug-likeness (QED) is 0.754. The molecule has 21 heavy (non-hydrogen) atoms. The van der Waals surface area contributed by atoms with Crippen molar-refractivity contribution < 1.29 is 4.79 Å². The van der Waals surface area contributed by atoms with Gasteiger partial charge in [-0.15, -0.1) is 11.3 Å². The number of fused-ring (bicyclic) bond motifs is 1. The van der Waals surface area contributed by atoms with Crippen LogP contribution in [0, 0.1) is 0 Å². The second-order valence-corrected chi connectivity index (χ2v) is 6.35. The van der Waals surface area contributed by atoms with Gasteiger partial charge in [-0.25, -0.2) is 4.98 Å². The van der Waals surface area contributed by atoms with E-state index in [1.54, 1.807) is 22.7 Å². The maximum Gasteiger partial charge on any atom is 0.243 e. The monoisotopic (exact) mass is 313 g/mol. The van der Waals surface area contributed by atoms with Crippen LogP contribution in [-0.2, 0) is 4.79 Å². The molecule has 0 fully saturated rings. The van der Waals surface area contributed by atoms with Crippen molar-refractivity contribution in [1.82, 2.24) is 4.98 Å². The third kappa shape index (κ3) is 2.32. The largest absolute Gasteiger partial charge is 0.374 e. The number of rotatable bonds is 2. The van der Waals surface area contributed by atoms with Crippen molar-refractivity contribution in [3.8, 4) is 21.8 Å². The van der Waals surface area contributed by atoms with Gasteiger partial charge in [0.2, 0.25) is 5.91 Å². The number of nitrogens with one attached hydrogen (secondary N) is 2. The first-order valence-corrected chi connectivity index (χ1v) is 8.28. The van der Waals surface area contributed by atoms with Crippen LogP contribution in [0.3, 0.4) is 0 Å². The Bertz CT molecular complexity index is 808. The summed E-state index contributed by atoms with van der Waals surface area (Å²) in [6.45, 7) is 0.325. The fourth-order valence-electron chi connectivity index (χ4n) is 2.25. The van der Waals surface area contributed by atoms with Crippen molar-refractivity contribution in [3.05, 3.63) is 40.4 Å². The predicted octanol–water partition coefficient (Wildman–Crippen LogP) is 3.90. The summed E-state index contributed by atoms with van der Waals surface area (Å²) < 4.78 is 0. The molecule has 104 valence electrons. The number of hydrogen-bond donors (Lipinski definition) is 2. The fraction of sp³-hybridized carbons (Fsp3) is 0.0667. The average Bonchev–Trinajstić information content (AvgIpc) is 3.17. The van der Waals surface area contributed by atoms with E-state index in [1.807, 2.05) is 18.2 Å². The molecule has 3 heterocycles. The van der Waals surface area contributed by atoms with Crippen LogP contribution in [0.1, 0.15) is 0 Å². The van der Waals surface area contributed by atoms with Crippen molar-refractivity contribution in [2.24, 2.45) is 0 Å². The first-order chi connectivity index (χ1) is 10.3. The number of benzene rings is 1. The number of amides is 1. The van der Waals surface area contributed by atoms with Gasteiger partial charge in [0.15, 0.2) is 0 Å². The van der Waals surface area contributed by atoms with Crippen LogP contribution < -0.4 is 10.6 Å². The SMILES string of the molecule is O=C1CNc2ccc(-c3nc(-c4ccsc4)cs3)cc2N1. The minimum Gasteiger partial charge on any atom is -0.374 e. The maximum absolute atomic E-state index is 11.4. The van der Waals surface area contributed by atoms with Crippen molar-refractivity contribution in [1.29, 1.82) is 0 Å². The molecule has 0 atom stereocenters. The van der Waals surface area contributed by atoms with E-state index in [-0.39, 0.29) is 5.91 Å². The number of carbonyl (C=O) groups excluding carboxylic acids is 1. The highest BCUT2D eigenvalue weighted by Gasteiger charge is 2.15. The van der Waals surface area contributed by atoms with Crippen molar-refractivity contribution in [2.75, 3.05) is 17.2 Å². The van der Waals surface area contributed by atoms with E-state index < -0.39 is 0 Å². The Morgan fingerprint density at radius 1 is 1.10 bits per heavy atom. The highest BCUT2D eigenvalue weighted by Crippen LogP contribution is 2.34. The summed E-state index contributed by atoms with van der Waals surface area (Å²) in [5.41, 5.74) is 4.93. The third-order valence-electron chi connectivity index (χ3n) is 3.30. The van der Waals surface area contributed by atoms with Gasteiger partial charge in [0.1, 0.15) is 5.01 Å². The lowest BCUT2D eigenvalue weighted by Gasteiger charge is -2.18. The van der Waals surface area contributed by atoms with E-state index in [1.165, 1.54) is 0 Å². The molecular formula is C15H11N3OS2. The molecule has 0 unspecified atom stereocenters. The predicted molar refractivity (Wildman–Crippen MR) is 88.0 cm³/mol. The van der Waals surface area contributed by atoms with Crippen molar-refractivity contribution >= 4 is 40.0 Å². The highest BCUT2D eigenvalue weighted by atomic mass is 32.1. The first-order valence-electron chi connectivity index (χ1n) is 6.46. The lowest BCUT2D eigenvalue weighted by Crippen LogP contribution is -2.27. The Morgan fingerprint density at radius 3 is 2.90 bits per heavy atom. The number of thiophene rings is 1. The van der Waals surface area contributed by atoms with E-state index >= 15 is 0 Å². The van der Waals surface area contributed by atoms with E-state index in [4.69, 9.17) is 0 Å². The topological polar surface area (TPSA) is 54.0 Å². The van der Waals surface area contributed by atoms with Gasteiger partial charge < -0.3 is 10.6 Å². The smallest absolute Gasteiger partial charge is 0.243 e. The van der Waals surface area contributed by atoms with Gasteiger partial charge in [0.25, 0.3) is 0 Å². The molecule has 4 nitrogen and oxygen atoms in total. The summed E-state index contributed by atoms with van der Waals surface area (Å²) in [6, 6.07) is 8.05. The summed E-state index contributed by atoms with van der Waals surface area (Å²) in [7, 11) is 0. The molecule has 0 spiro atoms. The first kappa shape index (κ1) is 12.6. The molecule has 1 aliphatic rings. The normalized spacial score (nSPS) is 13.4. The zero-order valence-electron chi connectivity index (χ0n) is 10.9. The number of anilines is 2. The van der Waals surface area contributed by atoms with Crippen LogP contribution in [0.15, 0.2) is 40.4 Å². The molecule has 0 saturated heterocycles. The van der Waals surface area contributed by atoms with E-state index in [0.717, 1.165) is 33.2 Å². The van der Waals surface area contributed by atoms with E-state index in [9.17, 15) is 4.79 Å². The maximum atomic E-state index is 11.4. The zero-order chi connectivity index (χ0) is 14.2. The molecule has 1 aliphatic heterocycles. The molecule has 2 N–H and O–H groups in total. The summed E-state index contributed by atoms with van der Waals surface area (Å²) >= 11 is 3.28. The lowest BCUT2D eigenvalue weighted by molar-refractivity contribution is -0.114. The highest BCUT2D eigenvalue weighted by molar-refractivity contribution is 7.13. The van der Waals surface area contributed by atoms with Crippen molar-refractivity contribution in [2.45, 2.75) is 0 Å². The van der Waals surface area contributed by atoms with Gasteiger partial charge in [0.05, 0.1) is 23.6 Å². The molecule has 3 aromatic rings. The summed E-state index contributed by atoms with van der Waals surface area (Å²) in [5.74, 6) is -0.0160. The Kier molecular flexibility index (Phi) is 2.98. The number of thiazole rings is 1. The third-order valence-corrected chi connectivity index (χ3v) is 4.88. The number of carbonyl (C=O) groups is 1. The zero-order valence-corrected chi connectivity index (χ0v) is 12.6. The van der Waals surface area contributed by atoms with Gasteiger partial charge in [0, 0.05) is 21.9 Å². The van der Waals surface area contributed by atoms with Crippen LogP contribution in [0.2, 0.25) is 0 Å². The molecular weight excluding hydrogens is 302 g/mol. The molecule has 1 aromatic carbocycles. The van der Waals surface area contributed by atoms with E-state index in [2.05, 4.69) is 37.8 Å². The molecule has 2 aromatic heterocycles. The standard InChI is InChI=1S/C15H11N3OS2/c19-14-6-16-11-2-1-9(5-12(11)17-14)15-18-13(8-21-15)10-3-4-20-7-10/h1-5,7-8,16H,6H2,(H,17,19). The number of nitrogens with zero attached hydrogens (tertiary/aromatic N) is 1. The van der Waals surface area contributed by atoms with Crippen LogP contribution in [0.5, 0.6) is 0 Å². The van der Waals surface area contributed by atoms with Gasteiger partial charge in [-0.3, -0.25) is 4.79 Å². The number of aromatic nitrogens is 1. The van der Waals surface area contributed by atoms with Gasteiger partial charge >= 0.3 is 0 Å². The second-order valence-electron chi connectivity index (χ2n) is 4.71. The minimum atomic E-state index is -0.0160.